The van der Waals surface area contributed by atoms with Gasteiger partial charge >= 0.3 is 11.8 Å². The summed E-state index contributed by atoms with van der Waals surface area (Å²) in [6, 6.07) is 14.3. The van der Waals surface area contributed by atoms with Crippen molar-refractivity contribution < 1.29 is 32.6 Å². The molecule has 0 unspecified atom stereocenters. The maximum absolute atomic E-state index is 15.3. The van der Waals surface area contributed by atoms with Crippen molar-refractivity contribution in [3.8, 4) is 23.0 Å². The molecule has 1 aliphatic rings. The summed E-state index contributed by atoms with van der Waals surface area (Å²) in [5, 5.41) is 3.92. The van der Waals surface area contributed by atoms with Crippen LogP contribution in [0.2, 0.25) is 0 Å². The second-order valence-electron chi connectivity index (χ2n) is 9.93. The van der Waals surface area contributed by atoms with Crippen molar-refractivity contribution in [2.75, 3.05) is 31.7 Å². The molecule has 218 valence electrons. The summed E-state index contributed by atoms with van der Waals surface area (Å²) >= 11 is 0. The Bertz CT molecular complexity index is 1590. The van der Waals surface area contributed by atoms with Crippen molar-refractivity contribution in [3.05, 3.63) is 84.1 Å². The summed E-state index contributed by atoms with van der Waals surface area (Å²) in [6.07, 6.45) is 3.62. The van der Waals surface area contributed by atoms with Crippen molar-refractivity contribution in [1.82, 2.24) is 10.3 Å². The summed E-state index contributed by atoms with van der Waals surface area (Å²) in [7, 11) is 1.54. The molecule has 3 N–H and O–H groups in total. The molecule has 1 saturated heterocycles. The minimum absolute atomic E-state index is 0.0739. The lowest BCUT2D eigenvalue weighted by Gasteiger charge is -2.23. The monoisotopic (exact) mass is 576 g/mol. The Kier molecular flexibility index (Phi) is 8.77. The quantitative estimate of drug-likeness (QED) is 0.277. The molecular formula is C31H30F2N4O5. The van der Waals surface area contributed by atoms with Gasteiger partial charge in [-0.1, -0.05) is 12.1 Å². The van der Waals surface area contributed by atoms with Crippen LogP contribution in [0.3, 0.4) is 0 Å². The van der Waals surface area contributed by atoms with Crippen molar-refractivity contribution in [2.24, 2.45) is 11.7 Å². The molecule has 5 rings (SSSR count). The molecular weight excluding hydrogens is 546 g/mol. The van der Waals surface area contributed by atoms with Gasteiger partial charge in [0, 0.05) is 29.4 Å². The number of nitrogens with two attached hydrogens (primary N) is 1. The molecule has 9 nitrogen and oxygen atoms in total. The average Bonchev–Trinajstić information content (AvgIpc) is 3.00. The Balaban J connectivity index is 1.39. The highest BCUT2D eigenvalue weighted by Crippen LogP contribution is 2.38. The maximum Gasteiger partial charge on any atom is 0.316 e. The van der Waals surface area contributed by atoms with Crippen LogP contribution < -0.4 is 30.2 Å². The first kappa shape index (κ1) is 28.7. The number of piperidine rings is 1. The lowest BCUT2D eigenvalue weighted by atomic mass is 9.99. The highest BCUT2D eigenvalue weighted by molar-refractivity contribution is 6.39. The topological polar surface area (TPSA) is 116 Å². The maximum atomic E-state index is 15.3. The predicted octanol–water partition coefficient (Wildman–Crippen LogP) is 4.71. The first-order valence-corrected chi connectivity index (χ1v) is 13.5. The number of rotatable bonds is 9. The van der Waals surface area contributed by atoms with Gasteiger partial charge < -0.3 is 25.3 Å². The summed E-state index contributed by atoms with van der Waals surface area (Å²) in [5.41, 5.74) is 6.39. The number of carbonyl (C=O) groups excluding carboxylic acids is 2. The van der Waals surface area contributed by atoms with Gasteiger partial charge in [0.2, 0.25) is 0 Å². The Morgan fingerprint density at radius 2 is 1.74 bits per heavy atom. The molecule has 4 aromatic rings. The zero-order chi connectivity index (χ0) is 29.6. The number of aromatic nitrogens is 1. The second kappa shape index (κ2) is 12.8. The molecule has 0 spiro atoms. The largest absolute Gasteiger partial charge is 0.493 e. The molecule has 2 heterocycles. The van der Waals surface area contributed by atoms with Gasteiger partial charge in [0.15, 0.2) is 23.1 Å². The number of amides is 2. The van der Waals surface area contributed by atoms with E-state index >= 15 is 4.39 Å². The summed E-state index contributed by atoms with van der Waals surface area (Å²) in [5.74, 6) is -1.79. The zero-order valence-electron chi connectivity index (χ0n) is 22.9. The van der Waals surface area contributed by atoms with Crippen LogP contribution >= 0.6 is 0 Å². The highest BCUT2D eigenvalue weighted by Gasteiger charge is 2.23. The van der Waals surface area contributed by atoms with E-state index in [0.717, 1.165) is 36.9 Å². The number of ether oxygens (including phenoxy) is 3. The smallest absolute Gasteiger partial charge is 0.316 e. The van der Waals surface area contributed by atoms with E-state index in [0.29, 0.717) is 46.2 Å². The molecule has 0 bridgehead atoms. The normalized spacial score (nSPS) is 13.5. The zero-order valence-corrected chi connectivity index (χ0v) is 22.9. The molecule has 1 aromatic heterocycles. The third-order valence-electron chi connectivity index (χ3n) is 7.08. The Morgan fingerprint density at radius 3 is 2.43 bits per heavy atom. The van der Waals surface area contributed by atoms with E-state index in [1.165, 1.54) is 36.4 Å². The summed E-state index contributed by atoms with van der Waals surface area (Å²) in [4.78, 5) is 29.7. The van der Waals surface area contributed by atoms with E-state index < -0.39 is 23.4 Å². The van der Waals surface area contributed by atoms with E-state index in [9.17, 15) is 14.0 Å². The minimum atomic E-state index is -1.21. The van der Waals surface area contributed by atoms with Crippen molar-refractivity contribution in [1.29, 1.82) is 0 Å². The van der Waals surface area contributed by atoms with Crippen LogP contribution in [0.4, 0.5) is 14.5 Å². The lowest BCUT2D eigenvalue weighted by molar-refractivity contribution is -0.135. The van der Waals surface area contributed by atoms with Gasteiger partial charge in [-0.2, -0.15) is 0 Å². The summed E-state index contributed by atoms with van der Waals surface area (Å²) < 4.78 is 46.3. The SMILES string of the molecule is COc1cc2c(Oc3ccc(N(Cc4ccc(F)cc4)C(=O)C(N)=O)cc3F)ccnc2cc1OCC1CCNCC1. The molecule has 2 amide bonds. The van der Waals surface area contributed by atoms with Crippen molar-refractivity contribution in [3.63, 3.8) is 0 Å². The number of fused-ring (bicyclic) bond motifs is 1. The van der Waals surface area contributed by atoms with Gasteiger partial charge in [0.1, 0.15) is 11.6 Å². The van der Waals surface area contributed by atoms with E-state index in [1.807, 2.05) is 0 Å². The summed E-state index contributed by atoms with van der Waals surface area (Å²) in [6.45, 7) is 2.37. The van der Waals surface area contributed by atoms with Gasteiger partial charge in [-0.25, -0.2) is 8.78 Å². The molecule has 1 aliphatic heterocycles. The van der Waals surface area contributed by atoms with Gasteiger partial charge in [-0.15, -0.1) is 0 Å². The van der Waals surface area contributed by atoms with Crippen LogP contribution in [0.15, 0.2) is 66.9 Å². The predicted molar refractivity (Wildman–Crippen MR) is 153 cm³/mol. The fraction of sp³-hybridized carbons (Fsp3) is 0.258. The minimum Gasteiger partial charge on any atom is -0.493 e. The van der Waals surface area contributed by atoms with E-state index in [1.54, 1.807) is 31.5 Å². The number of primary amides is 1. The van der Waals surface area contributed by atoms with Crippen LogP contribution in [0.25, 0.3) is 10.9 Å². The van der Waals surface area contributed by atoms with Crippen LogP contribution in [0.1, 0.15) is 18.4 Å². The Hall–Kier alpha value is -4.77. The average molecular weight is 577 g/mol. The standard InChI is InChI=1S/C31H30F2N4O5/c1-40-28-15-23-25(16-29(28)41-18-20-8-11-35-12-9-20)36-13-10-26(23)42-27-7-6-22(14-24(27)33)37(31(39)30(34)38)17-19-2-4-21(32)5-3-19/h2-7,10,13-16,20,35H,8-9,11-12,17-18H2,1H3,(H2,34,38). The number of anilines is 1. The molecule has 1 fully saturated rings. The number of benzene rings is 3. The second-order valence-corrected chi connectivity index (χ2v) is 9.93. The van der Waals surface area contributed by atoms with Crippen molar-refractivity contribution in [2.45, 2.75) is 19.4 Å². The highest BCUT2D eigenvalue weighted by atomic mass is 19.1. The van der Waals surface area contributed by atoms with Gasteiger partial charge in [-0.3, -0.25) is 19.5 Å². The first-order valence-electron chi connectivity index (χ1n) is 13.5. The third kappa shape index (κ3) is 6.58. The fourth-order valence-corrected chi connectivity index (χ4v) is 4.79. The van der Waals surface area contributed by atoms with E-state index in [4.69, 9.17) is 19.9 Å². The van der Waals surface area contributed by atoms with Crippen LogP contribution in [0, 0.1) is 17.6 Å². The number of hydrogen-bond acceptors (Lipinski definition) is 7. The Morgan fingerprint density at radius 1 is 0.976 bits per heavy atom. The Labute approximate surface area is 241 Å². The number of pyridine rings is 1. The van der Waals surface area contributed by atoms with Gasteiger partial charge in [-0.05, 0) is 73.8 Å². The number of hydrogen-bond donors (Lipinski definition) is 2. The van der Waals surface area contributed by atoms with Gasteiger partial charge in [0.25, 0.3) is 0 Å². The molecule has 3 aromatic carbocycles. The number of halogens is 2. The first-order chi connectivity index (χ1) is 20.3. The fourth-order valence-electron chi connectivity index (χ4n) is 4.79. The molecule has 0 radical (unpaired) electrons. The van der Waals surface area contributed by atoms with Crippen LogP contribution in [0.5, 0.6) is 23.0 Å². The number of carbonyl (C=O) groups is 2. The van der Waals surface area contributed by atoms with Gasteiger partial charge in [0.05, 0.1) is 25.8 Å². The van der Waals surface area contributed by atoms with E-state index in [-0.39, 0.29) is 18.0 Å². The molecule has 11 heteroatoms. The molecule has 0 aliphatic carbocycles. The third-order valence-corrected chi connectivity index (χ3v) is 7.08. The van der Waals surface area contributed by atoms with Crippen LogP contribution in [-0.2, 0) is 16.1 Å². The van der Waals surface area contributed by atoms with E-state index in [2.05, 4.69) is 10.3 Å². The molecule has 42 heavy (non-hydrogen) atoms. The number of nitrogens with one attached hydrogen (secondary N) is 1. The molecule has 0 saturated carbocycles. The molecule has 0 atom stereocenters. The number of nitrogens with zero attached hydrogens (tertiary/aromatic N) is 2. The lowest BCUT2D eigenvalue weighted by Crippen LogP contribution is -2.40. The van der Waals surface area contributed by atoms with Crippen LogP contribution in [-0.4, -0.2) is 43.6 Å². The number of methoxy groups -OCH3 is 1. The van der Waals surface area contributed by atoms with Crippen molar-refractivity contribution >= 4 is 28.4 Å².